The van der Waals surface area contributed by atoms with Crippen LogP contribution in [0.15, 0.2) is 47.7 Å². The summed E-state index contributed by atoms with van der Waals surface area (Å²) < 4.78 is 0. The zero-order valence-electron chi connectivity index (χ0n) is 14.4. The first-order chi connectivity index (χ1) is 12.3. The zero-order chi connectivity index (χ0) is 16.6. The smallest absolute Gasteiger partial charge is 0.135 e. The quantitative estimate of drug-likeness (QED) is 0.936. The van der Waals surface area contributed by atoms with Gasteiger partial charge >= 0.3 is 0 Å². The standard InChI is InChI=1S/C20H24N4O/c1-2-17-13-23(9-1)10-7-20(17)25-24-11-6-19(22-14-24)15-3-4-18-16(12-15)5-8-21-18/h3-6,8,11-12,17,20-21H,1-2,7,9-10,13-14H2/t17-,20+/m1/s1. The maximum absolute atomic E-state index is 6.27. The molecule has 2 fully saturated rings. The van der Waals surface area contributed by atoms with E-state index in [0.717, 1.165) is 23.2 Å². The van der Waals surface area contributed by atoms with Crippen LogP contribution in [0.25, 0.3) is 10.9 Å². The minimum absolute atomic E-state index is 0.342. The lowest BCUT2D eigenvalue weighted by molar-refractivity contribution is -0.198. The summed E-state index contributed by atoms with van der Waals surface area (Å²) in [6.45, 7) is 4.22. The zero-order valence-corrected chi connectivity index (χ0v) is 14.4. The molecule has 130 valence electrons. The third-order valence-electron chi connectivity index (χ3n) is 5.70. The lowest BCUT2D eigenvalue weighted by Gasteiger charge is -2.43. The molecular formula is C20H24N4O. The summed E-state index contributed by atoms with van der Waals surface area (Å²) in [6.07, 6.45) is 10.2. The first-order valence-electron chi connectivity index (χ1n) is 9.31. The number of benzene rings is 1. The van der Waals surface area contributed by atoms with Crippen molar-refractivity contribution < 1.29 is 4.84 Å². The van der Waals surface area contributed by atoms with Crippen LogP contribution in [0.3, 0.4) is 0 Å². The summed E-state index contributed by atoms with van der Waals surface area (Å²) in [7, 11) is 0. The molecule has 1 aromatic carbocycles. The number of nitrogens with zero attached hydrogens (tertiary/aromatic N) is 3. The monoisotopic (exact) mass is 336 g/mol. The summed E-state index contributed by atoms with van der Waals surface area (Å²) in [6, 6.07) is 8.51. The van der Waals surface area contributed by atoms with E-state index >= 15 is 0 Å². The van der Waals surface area contributed by atoms with E-state index in [2.05, 4.69) is 40.2 Å². The van der Waals surface area contributed by atoms with Gasteiger partial charge in [0.2, 0.25) is 0 Å². The Morgan fingerprint density at radius 2 is 2.16 bits per heavy atom. The van der Waals surface area contributed by atoms with Gasteiger partial charge in [-0.1, -0.05) is 6.07 Å². The number of nitrogens with one attached hydrogen (secondary N) is 1. The van der Waals surface area contributed by atoms with Crippen LogP contribution in [0, 0.1) is 5.92 Å². The Balaban J connectivity index is 1.25. The molecule has 1 aromatic heterocycles. The van der Waals surface area contributed by atoms with Crippen molar-refractivity contribution in [2.24, 2.45) is 10.9 Å². The molecular weight excluding hydrogens is 312 g/mol. The van der Waals surface area contributed by atoms with Crippen LogP contribution >= 0.6 is 0 Å². The van der Waals surface area contributed by atoms with Crippen molar-refractivity contribution in [3.63, 3.8) is 0 Å². The van der Waals surface area contributed by atoms with Gasteiger partial charge in [-0.3, -0.25) is 9.83 Å². The normalized spacial score (nSPS) is 29.0. The Morgan fingerprint density at radius 1 is 1.16 bits per heavy atom. The van der Waals surface area contributed by atoms with Crippen molar-refractivity contribution in [3.8, 4) is 0 Å². The van der Waals surface area contributed by atoms with Crippen LogP contribution in [0.2, 0.25) is 0 Å². The molecule has 2 aromatic rings. The van der Waals surface area contributed by atoms with Gasteiger partial charge < -0.3 is 9.88 Å². The molecule has 5 heteroatoms. The van der Waals surface area contributed by atoms with Gasteiger partial charge in [-0.2, -0.15) is 0 Å². The summed E-state index contributed by atoms with van der Waals surface area (Å²) in [5.74, 6) is 0.678. The van der Waals surface area contributed by atoms with Gasteiger partial charge in [-0.05, 0) is 50.1 Å². The van der Waals surface area contributed by atoms with E-state index < -0.39 is 0 Å². The van der Waals surface area contributed by atoms with Crippen LogP contribution < -0.4 is 0 Å². The predicted octanol–water partition coefficient (Wildman–Crippen LogP) is 3.16. The molecule has 0 amide bonds. The third-order valence-corrected chi connectivity index (χ3v) is 5.70. The highest BCUT2D eigenvalue weighted by atomic mass is 16.7. The van der Waals surface area contributed by atoms with Crippen molar-refractivity contribution in [3.05, 3.63) is 48.3 Å². The number of aliphatic imine (C=N–C) groups is 1. The highest BCUT2D eigenvalue weighted by Crippen LogP contribution is 2.29. The molecule has 3 atom stereocenters. The first kappa shape index (κ1) is 15.2. The number of rotatable bonds is 3. The molecule has 2 bridgehead atoms. The molecule has 0 saturated carbocycles. The van der Waals surface area contributed by atoms with Gasteiger partial charge in [0.15, 0.2) is 0 Å². The SMILES string of the molecule is C1=CN(O[C@H]2CCN3CCC[C@@H]2C3)CN=C1c1ccc2[nH]ccc2c1. The minimum atomic E-state index is 0.342. The summed E-state index contributed by atoms with van der Waals surface area (Å²) in [5, 5.41) is 3.13. The molecule has 2 saturated heterocycles. The maximum atomic E-state index is 6.27. The predicted molar refractivity (Wildman–Crippen MR) is 99.3 cm³/mol. The topological polar surface area (TPSA) is 43.9 Å². The van der Waals surface area contributed by atoms with Crippen LogP contribution in [-0.2, 0) is 4.84 Å². The summed E-state index contributed by atoms with van der Waals surface area (Å²) in [4.78, 5) is 16.8. The lowest BCUT2D eigenvalue weighted by atomic mass is 9.87. The Bertz CT molecular complexity index is 824. The maximum Gasteiger partial charge on any atom is 0.135 e. The lowest BCUT2D eigenvalue weighted by Crippen LogP contribution is -2.49. The number of aromatic nitrogens is 1. The molecule has 5 rings (SSSR count). The number of hydroxylamine groups is 2. The second-order valence-corrected chi connectivity index (χ2v) is 7.33. The van der Waals surface area contributed by atoms with Gasteiger partial charge in [-0.15, -0.1) is 0 Å². The fourth-order valence-corrected chi connectivity index (χ4v) is 4.32. The van der Waals surface area contributed by atoms with Crippen LogP contribution in [0.4, 0.5) is 0 Å². The van der Waals surface area contributed by atoms with Crippen molar-refractivity contribution in [1.82, 2.24) is 14.9 Å². The van der Waals surface area contributed by atoms with E-state index in [9.17, 15) is 0 Å². The second kappa shape index (κ2) is 6.32. The van der Waals surface area contributed by atoms with Gasteiger partial charge in [0.1, 0.15) is 6.67 Å². The Hall–Kier alpha value is -2.11. The largest absolute Gasteiger partial charge is 0.361 e. The number of piperidine rings is 2. The van der Waals surface area contributed by atoms with E-state index in [1.165, 1.54) is 37.9 Å². The Morgan fingerprint density at radius 3 is 3.08 bits per heavy atom. The number of H-pyrrole nitrogens is 1. The fraction of sp³-hybridized carbons (Fsp3) is 0.450. The molecule has 0 radical (unpaired) electrons. The van der Waals surface area contributed by atoms with Crippen LogP contribution in [-0.4, -0.2) is 53.1 Å². The number of fused-ring (bicyclic) bond motifs is 3. The molecule has 3 aliphatic rings. The van der Waals surface area contributed by atoms with Crippen LogP contribution in [0.5, 0.6) is 0 Å². The van der Waals surface area contributed by atoms with E-state index in [1.807, 2.05) is 17.5 Å². The summed E-state index contributed by atoms with van der Waals surface area (Å²) in [5.41, 5.74) is 3.34. The molecule has 5 nitrogen and oxygen atoms in total. The van der Waals surface area contributed by atoms with E-state index in [1.54, 1.807) is 0 Å². The van der Waals surface area contributed by atoms with Gasteiger partial charge in [-0.25, -0.2) is 5.06 Å². The number of hydrogen-bond acceptors (Lipinski definition) is 4. The first-order valence-corrected chi connectivity index (χ1v) is 9.31. The molecule has 4 heterocycles. The van der Waals surface area contributed by atoms with Gasteiger partial charge in [0.25, 0.3) is 0 Å². The van der Waals surface area contributed by atoms with E-state index in [4.69, 9.17) is 9.83 Å². The minimum Gasteiger partial charge on any atom is -0.361 e. The summed E-state index contributed by atoms with van der Waals surface area (Å²) >= 11 is 0. The molecule has 1 N–H and O–H groups in total. The number of aromatic amines is 1. The highest BCUT2D eigenvalue weighted by molar-refractivity contribution is 6.10. The average Bonchev–Trinajstić information content (AvgIpc) is 3.13. The molecule has 1 unspecified atom stereocenters. The molecule has 3 aliphatic heterocycles. The highest BCUT2D eigenvalue weighted by Gasteiger charge is 2.34. The number of hydrogen-bond donors (Lipinski definition) is 1. The average molecular weight is 336 g/mol. The van der Waals surface area contributed by atoms with Crippen LogP contribution in [0.1, 0.15) is 24.8 Å². The van der Waals surface area contributed by atoms with Gasteiger partial charge in [0, 0.05) is 47.9 Å². The van der Waals surface area contributed by atoms with E-state index in [-0.39, 0.29) is 0 Å². The molecule has 0 spiro atoms. The third kappa shape index (κ3) is 2.98. The van der Waals surface area contributed by atoms with Crippen molar-refractivity contribution in [2.45, 2.75) is 25.4 Å². The fourth-order valence-electron chi connectivity index (χ4n) is 4.32. The van der Waals surface area contributed by atoms with Crippen molar-refractivity contribution in [1.29, 1.82) is 0 Å². The van der Waals surface area contributed by atoms with Crippen molar-refractivity contribution >= 4 is 16.6 Å². The molecule has 25 heavy (non-hydrogen) atoms. The van der Waals surface area contributed by atoms with Crippen molar-refractivity contribution in [2.75, 3.05) is 26.3 Å². The Labute approximate surface area is 147 Å². The second-order valence-electron chi connectivity index (χ2n) is 7.33. The molecule has 0 aliphatic carbocycles. The Kier molecular flexibility index (Phi) is 3.83. The number of allylic oxidation sites excluding steroid dienone is 1. The van der Waals surface area contributed by atoms with Gasteiger partial charge in [0.05, 0.1) is 11.8 Å². The van der Waals surface area contributed by atoms with E-state index in [0.29, 0.717) is 18.7 Å².